The first-order valence-electron chi connectivity index (χ1n) is 18.1. The van der Waals surface area contributed by atoms with Crippen molar-refractivity contribution >= 4 is 55.5 Å². The van der Waals surface area contributed by atoms with Crippen LogP contribution in [0, 0.1) is 0 Å². The molecule has 0 radical (unpaired) electrons. The van der Waals surface area contributed by atoms with Crippen LogP contribution < -0.4 is 16.7 Å². The van der Waals surface area contributed by atoms with E-state index in [-0.39, 0.29) is 44.9 Å². The van der Waals surface area contributed by atoms with Gasteiger partial charge in [-0.3, -0.25) is 14.4 Å². The highest BCUT2D eigenvalue weighted by Crippen LogP contribution is 2.34. The van der Waals surface area contributed by atoms with Crippen LogP contribution >= 0.6 is 23.2 Å². The Morgan fingerprint density at radius 1 is 0.475 bits per heavy atom. The molecular weight excluding hydrogens is 791 g/mol. The Kier molecular flexibility index (Phi) is 11.6. The van der Waals surface area contributed by atoms with Crippen LogP contribution in [0.1, 0.15) is 25.3 Å². The Balaban J connectivity index is 0.000000134. The molecule has 0 unspecified atom stereocenters. The Morgan fingerprint density at radius 2 is 0.898 bits per heavy atom. The summed E-state index contributed by atoms with van der Waals surface area (Å²) in [7, 11) is 0. The van der Waals surface area contributed by atoms with Crippen molar-refractivity contribution in [1.29, 1.82) is 0 Å². The lowest BCUT2D eigenvalue weighted by Crippen LogP contribution is -2.09. The van der Waals surface area contributed by atoms with Crippen molar-refractivity contribution in [3.8, 4) is 51.0 Å². The zero-order valence-corrected chi connectivity index (χ0v) is 32.9. The van der Waals surface area contributed by atoms with Gasteiger partial charge in [0.2, 0.25) is 0 Å². The molecule has 0 aliphatic heterocycles. The number of rotatable bonds is 4. The second-order valence-corrected chi connectivity index (χ2v) is 14.4. The zero-order chi connectivity index (χ0) is 41.8. The summed E-state index contributed by atoms with van der Waals surface area (Å²) in [4.78, 5) is 35.2. The van der Waals surface area contributed by atoms with Gasteiger partial charge in [0.05, 0.1) is 37.6 Å². The number of halogens is 2. The van der Waals surface area contributed by atoms with E-state index < -0.39 is 0 Å². The molecule has 6 N–H and O–H groups in total. The second kappa shape index (κ2) is 17.1. The maximum Gasteiger partial charge on any atom is 0.272 e. The van der Waals surface area contributed by atoms with Gasteiger partial charge >= 0.3 is 0 Å². The first-order chi connectivity index (χ1) is 28.4. The molecular formula is C45H34Cl2N6O6. The van der Waals surface area contributed by atoms with Crippen molar-refractivity contribution in [3.05, 3.63) is 174 Å². The van der Waals surface area contributed by atoms with Crippen LogP contribution in [-0.2, 0) is 0 Å². The van der Waals surface area contributed by atoms with E-state index in [0.717, 1.165) is 32.8 Å². The molecule has 14 heteroatoms. The number of fused-ring (bicyclic) bond motifs is 3. The third kappa shape index (κ3) is 8.40. The Labute approximate surface area is 345 Å². The van der Waals surface area contributed by atoms with E-state index in [2.05, 4.69) is 30.6 Å². The van der Waals surface area contributed by atoms with Crippen molar-refractivity contribution in [2.75, 3.05) is 0 Å². The summed E-state index contributed by atoms with van der Waals surface area (Å²) in [5.74, 6) is 0.586. The molecule has 59 heavy (non-hydrogen) atoms. The molecule has 0 aliphatic carbocycles. The zero-order valence-electron chi connectivity index (χ0n) is 31.4. The van der Waals surface area contributed by atoms with Crippen LogP contribution in [0.3, 0.4) is 0 Å². The number of hydrogen-bond acceptors (Lipinski definition) is 9. The van der Waals surface area contributed by atoms with Crippen LogP contribution in [-0.4, -0.2) is 45.9 Å². The highest BCUT2D eigenvalue weighted by atomic mass is 35.5. The lowest BCUT2D eigenvalue weighted by atomic mass is 9.97. The van der Waals surface area contributed by atoms with Crippen molar-refractivity contribution in [2.24, 2.45) is 0 Å². The first kappa shape index (κ1) is 39.9. The van der Waals surface area contributed by atoms with E-state index >= 15 is 0 Å². The van der Waals surface area contributed by atoms with Crippen molar-refractivity contribution < 1.29 is 15.3 Å². The molecule has 0 spiro atoms. The molecule has 0 amide bonds. The number of nitrogens with one attached hydrogen (secondary N) is 3. The standard InChI is InChI=1S/C17H16N2O2.2C14H9ClN2O2/c1-10(2)14-9-11(7-8-15(14)20)16-12-5-3-4-6-13(12)17(21)19-18-16;15-11-7-8(5-6-12(11)18)13-9-3-1-2-4-10(9)14(19)17-16-13;15-12-7-8(18)5-6-11(12)13-9-3-1-2-4-10(9)14(19)17-16-13/h3-10,20H,1-2H3,(H,19,21);2*1-7,18H,(H,17,19). The van der Waals surface area contributed by atoms with E-state index in [9.17, 15) is 29.7 Å². The first-order valence-corrected chi connectivity index (χ1v) is 18.9. The van der Waals surface area contributed by atoms with Gasteiger partial charge in [-0.15, -0.1) is 0 Å². The quantitative estimate of drug-likeness (QED) is 0.100. The number of phenols is 3. The normalized spacial score (nSPS) is 10.9. The fourth-order valence-corrected chi connectivity index (χ4v) is 6.95. The number of aromatic hydroxyl groups is 3. The average Bonchev–Trinajstić information content (AvgIpc) is 3.24. The highest BCUT2D eigenvalue weighted by molar-refractivity contribution is 6.33. The number of aromatic nitrogens is 6. The van der Waals surface area contributed by atoms with Crippen molar-refractivity contribution in [1.82, 2.24) is 30.6 Å². The molecule has 0 atom stereocenters. The van der Waals surface area contributed by atoms with Crippen LogP contribution in [0.15, 0.2) is 142 Å². The number of phenolic OH excluding ortho intramolecular Hbond substituents is 3. The lowest BCUT2D eigenvalue weighted by molar-refractivity contribution is 0.465. The van der Waals surface area contributed by atoms with Gasteiger partial charge in [-0.2, -0.15) is 15.3 Å². The molecule has 3 aromatic heterocycles. The van der Waals surface area contributed by atoms with E-state index in [4.69, 9.17) is 23.2 Å². The summed E-state index contributed by atoms with van der Waals surface area (Å²) in [5, 5.41) is 53.2. The maximum atomic E-state index is 11.8. The fraction of sp³-hybridized carbons (Fsp3) is 0.0667. The molecule has 0 fully saturated rings. The predicted molar refractivity (Wildman–Crippen MR) is 233 cm³/mol. The van der Waals surface area contributed by atoms with Gasteiger partial charge < -0.3 is 15.3 Å². The summed E-state index contributed by atoms with van der Waals surface area (Å²) < 4.78 is 0. The van der Waals surface area contributed by atoms with Gasteiger partial charge in [-0.1, -0.05) is 91.6 Å². The summed E-state index contributed by atoms with van der Waals surface area (Å²) >= 11 is 12.0. The molecule has 0 saturated heterocycles. The Hall–Kier alpha value is -7.28. The Bertz CT molecular complexity index is 3200. The number of benzene rings is 6. The number of nitrogens with zero attached hydrogens (tertiary/aromatic N) is 3. The third-order valence-electron chi connectivity index (χ3n) is 9.44. The van der Waals surface area contributed by atoms with Gasteiger partial charge in [0.15, 0.2) is 0 Å². The molecule has 6 aromatic carbocycles. The number of H-pyrrole nitrogens is 3. The smallest absolute Gasteiger partial charge is 0.272 e. The van der Waals surface area contributed by atoms with Gasteiger partial charge in [0, 0.05) is 32.8 Å². The molecule has 0 bridgehead atoms. The van der Waals surface area contributed by atoms with Crippen LogP contribution in [0.2, 0.25) is 10.0 Å². The van der Waals surface area contributed by atoms with Gasteiger partial charge in [0.25, 0.3) is 16.7 Å². The molecule has 0 saturated carbocycles. The van der Waals surface area contributed by atoms with E-state index in [1.807, 2.05) is 68.4 Å². The Morgan fingerprint density at radius 3 is 1.36 bits per heavy atom. The summed E-state index contributed by atoms with van der Waals surface area (Å²) in [6.45, 7) is 4.05. The molecule has 12 nitrogen and oxygen atoms in total. The van der Waals surface area contributed by atoms with Crippen molar-refractivity contribution in [3.63, 3.8) is 0 Å². The SMILES string of the molecule is CC(C)c1cc(-c2n[nH]c(=O)c3ccccc23)ccc1O.O=c1[nH]nc(-c2ccc(O)c(Cl)c2)c2ccccc12.O=c1[nH]nc(-c2ccc(O)cc2Cl)c2ccccc12. The second-order valence-electron chi connectivity index (χ2n) is 13.6. The minimum Gasteiger partial charge on any atom is -0.508 e. The van der Waals surface area contributed by atoms with Crippen LogP contribution in [0.5, 0.6) is 17.2 Å². The predicted octanol–water partition coefficient (Wildman–Crippen LogP) is 9.32. The molecule has 0 aliphatic rings. The maximum absolute atomic E-state index is 11.8. The summed E-state index contributed by atoms with van der Waals surface area (Å²) in [6, 6.07) is 36.6. The minimum absolute atomic E-state index is 0.0131. The van der Waals surface area contributed by atoms with Crippen molar-refractivity contribution in [2.45, 2.75) is 19.8 Å². The minimum atomic E-state index is -0.241. The van der Waals surface area contributed by atoms with Gasteiger partial charge in [-0.25, -0.2) is 15.3 Å². The number of hydrogen-bond donors (Lipinski definition) is 6. The largest absolute Gasteiger partial charge is 0.508 e. The summed E-state index contributed by atoms with van der Waals surface area (Å²) in [5.41, 5.74) is 4.38. The summed E-state index contributed by atoms with van der Waals surface area (Å²) in [6.07, 6.45) is 0. The van der Waals surface area contributed by atoms with Crippen LogP contribution in [0.25, 0.3) is 66.1 Å². The lowest BCUT2D eigenvalue weighted by Gasteiger charge is -2.11. The third-order valence-corrected chi connectivity index (χ3v) is 10.1. The van der Waals surface area contributed by atoms with Gasteiger partial charge in [-0.05, 0) is 84.3 Å². The molecule has 9 aromatic rings. The molecule has 9 rings (SSSR count). The van der Waals surface area contributed by atoms with Gasteiger partial charge in [0.1, 0.15) is 22.9 Å². The fourth-order valence-electron chi connectivity index (χ4n) is 6.50. The monoisotopic (exact) mass is 824 g/mol. The molecule has 294 valence electrons. The topological polar surface area (TPSA) is 198 Å². The van der Waals surface area contributed by atoms with E-state index in [1.54, 1.807) is 54.6 Å². The molecule has 3 heterocycles. The number of aromatic amines is 3. The highest BCUT2D eigenvalue weighted by Gasteiger charge is 2.14. The average molecular weight is 826 g/mol. The van der Waals surface area contributed by atoms with E-state index in [0.29, 0.717) is 43.8 Å². The van der Waals surface area contributed by atoms with E-state index in [1.165, 1.54) is 18.2 Å². The van der Waals surface area contributed by atoms with Crippen LogP contribution in [0.4, 0.5) is 0 Å².